The molecule has 1 aliphatic rings. The number of hydrogen-bond donors (Lipinski definition) is 2. The first-order valence-electron chi connectivity index (χ1n) is 7.00. The van der Waals surface area contributed by atoms with Gasteiger partial charge in [-0.25, -0.2) is 14.8 Å². The molecule has 3 N–H and O–H groups in total. The summed E-state index contributed by atoms with van der Waals surface area (Å²) >= 11 is 0. The number of likely N-dealkylation sites (tertiary alicyclic amines) is 1. The van der Waals surface area contributed by atoms with E-state index < -0.39 is 23.5 Å². The quantitative estimate of drug-likeness (QED) is 0.800. The molecule has 1 aliphatic heterocycles. The highest BCUT2D eigenvalue weighted by Gasteiger charge is 2.49. The van der Waals surface area contributed by atoms with Crippen molar-refractivity contribution in [3.8, 4) is 0 Å². The lowest BCUT2D eigenvalue weighted by Crippen LogP contribution is -2.66. The van der Waals surface area contributed by atoms with Gasteiger partial charge in [-0.1, -0.05) is 0 Å². The standard InChI is InChI=1S/C14H22N4O3/c1-13(2,3)21-12(20)18-9-4-6-10(19)14(18,15)11-16-7-5-8-17-11/h5,7-8,10,19H,4,6,9,15H2,1-3H3. The lowest BCUT2D eigenvalue weighted by atomic mass is 9.92. The van der Waals surface area contributed by atoms with E-state index in [-0.39, 0.29) is 5.82 Å². The third-order valence-corrected chi connectivity index (χ3v) is 3.35. The molecule has 0 saturated carbocycles. The number of nitrogens with zero attached hydrogens (tertiary/aromatic N) is 3. The van der Waals surface area contributed by atoms with Crippen LogP contribution in [0.2, 0.25) is 0 Å². The van der Waals surface area contributed by atoms with Crippen molar-refractivity contribution in [2.45, 2.75) is 51.0 Å². The van der Waals surface area contributed by atoms with Crippen molar-refractivity contribution in [1.29, 1.82) is 0 Å². The van der Waals surface area contributed by atoms with Crippen molar-refractivity contribution >= 4 is 6.09 Å². The summed E-state index contributed by atoms with van der Waals surface area (Å²) in [4.78, 5) is 21.9. The number of piperidine rings is 1. The normalized spacial score (nSPS) is 26.5. The Hall–Kier alpha value is -1.73. The van der Waals surface area contributed by atoms with E-state index in [1.807, 2.05) is 0 Å². The molecule has 1 fully saturated rings. The molecule has 0 radical (unpaired) electrons. The van der Waals surface area contributed by atoms with Gasteiger partial charge in [-0.2, -0.15) is 0 Å². The molecule has 7 nitrogen and oxygen atoms in total. The Morgan fingerprint density at radius 3 is 2.67 bits per heavy atom. The lowest BCUT2D eigenvalue weighted by molar-refractivity contribution is -0.0778. The Balaban J connectivity index is 2.36. The fourth-order valence-electron chi connectivity index (χ4n) is 2.36. The first kappa shape index (κ1) is 15.7. The summed E-state index contributed by atoms with van der Waals surface area (Å²) in [5.74, 6) is 0.211. The average Bonchev–Trinajstić information content (AvgIpc) is 2.41. The summed E-state index contributed by atoms with van der Waals surface area (Å²) < 4.78 is 5.38. The number of amides is 1. The maximum absolute atomic E-state index is 12.4. The Morgan fingerprint density at radius 2 is 2.10 bits per heavy atom. The molecule has 2 rings (SSSR count). The van der Waals surface area contributed by atoms with Crippen LogP contribution in [0.3, 0.4) is 0 Å². The van der Waals surface area contributed by atoms with Gasteiger partial charge in [0.05, 0.1) is 6.10 Å². The van der Waals surface area contributed by atoms with Gasteiger partial charge in [-0.3, -0.25) is 10.6 Å². The minimum absolute atomic E-state index is 0.211. The topological polar surface area (TPSA) is 102 Å². The zero-order valence-corrected chi connectivity index (χ0v) is 12.6. The molecule has 7 heteroatoms. The molecule has 0 bridgehead atoms. The zero-order chi connectivity index (χ0) is 15.7. The molecule has 0 aliphatic carbocycles. The number of ether oxygens (including phenoxy) is 1. The molecular weight excluding hydrogens is 272 g/mol. The molecule has 1 saturated heterocycles. The van der Waals surface area contributed by atoms with Crippen LogP contribution in [0.15, 0.2) is 18.5 Å². The van der Waals surface area contributed by atoms with E-state index >= 15 is 0 Å². The predicted octanol–water partition coefficient (Wildman–Crippen LogP) is 0.980. The van der Waals surface area contributed by atoms with Gasteiger partial charge in [0.2, 0.25) is 0 Å². The third kappa shape index (κ3) is 3.14. The van der Waals surface area contributed by atoms with Crippen molar-refractivity contribution in [2.24, 2.45) is 5.73 Å². The summed E-state index contributed by atoms with van der Waals surface area (Å²) in [7, 11) is 0. The molecule has 2 atom stereocenters. The third-order valence-electron chi connectivity index (χ3n) is 3.35. The van der Waals surface area contributed by atoms with Crippen LogP contribution in [0.5, 0.6) is 0 Å². The second kappa shape index (κ2) is 5.57. The van der Waals surface area contributed by atoms with Gasteiger partial charge >= 0.3 is 6.09 Å². The van der Waals surface area contributed by atoms with E-state index in [4.69, 9.17) is 10.5 Å². The van der Waals surface area contributed by atoms with Crippen LogP contribution in [-0.2, 0) is 10.4 Å². The average molecular weight is 294 g/mol. The molecule has 1 aromatic heterocycles. The van der Waals surface area contributed by atoms with Gasteiger partial charge in [0.25, 0.3) is 0 Å². The Kier molecular flexibility index (Phi) is 4.15. The fourth-order valence-corrected chi connectivity index (χ4v) is 2.36. The molecule has 0 spiro atoms. The molecule has 2 unspecified atom stereocenters. The van der Waals surface area contributed by atoms with Crippen LogP contribution in [0.4, 0.5) is 4.79 Å². The van der Waals surface area contributed by atoms with Crippen LogP contribution in [0, 0.1) is 0 Å². The van der Waals surface area contributed by atoms with Crippen LogP contribution < -0.4 is 5.73 Å². The van der Waals surface area contributed by atoms with Crippen molar-refractivity contribution < 1.29 is 14.6 Å². The molecule has 1 amide bonds. The van der Waals surface area contributed by atoms with Gasteiger partial charge in [-0.05, 0) is 39.7 Å². The van der Waals surface area contributed by atoms with E-state index in [9.17, 15) is 9.90 Å². The number of nitrogens with two attached hydrogens (primary N) is 1. The van der Waals surface area contributed by atoms with Crippen molar-refractivity contribution in [3.05, 3.63) is 24.3 Å². The molecule has 116 valence electrons. The van der Waals surface area contributed by atoms with Gasteiger partial charge in [0, 0.05) is 18.9 Å². The van der Waals surface area contributed by atoms with Gasteiger partial charge in [-0.15, -0.1) is 0 Å². The van der Waals surface area contributed by atoms with E-state index in [2.05, 4.69) is 9.97 Å². The van der Waals surface area contributed by atoms with Gasteiger partial charge in [0.15, 0.2) is 11.5 Å². The summed E-state index contributed by atoms with van der Waals surface area (Å²) in [6, 6.07) is 1.65. The fraction of sp³-hybridized carbons (Fsp3) is 0.643. The van der Waals surface area contributed by atoms with Crippen LogP contribution in [0.1, 0.15) is 39.4 Å². The van der Waals surface area contributed by atoms with Crippen molar-refractivity contribution in [3.63, 3.8) is 0 Å². The second-order valence-electron chi connectivity index (χ2n) is 6.19. The Labute approximate surface area is 124 Å². The second-order valence-corrected chi connectivity index (χ2v) is 6.19. The minimum Gasteiger partial charge on any atom is -0.444 e. The van der Waals surface area contributed by atoms with Gasteiger partial charge < -0.3 is 9.84 Å². The predicted molar refractivity (Wildman–Crippen MR) is 76.1 cm³/mol. The summed E-state index contributed by atoms with van der Waals surface area (Å²) in [6.07, 6.45) is 2.68. The number of aliphatic hydroxyl groups excluding tert-OH is 1. The highest BCUT2D eigenvalue weighted by Crippen LogP contribution is 2.32. The first-order valence-corrected chi connectivity index (χ1v) is 7.00. The first-order chi connectivity index (χ1) is 9.75. The number of hydrogen-bond acceptors (Lipinski definition) is 6. The smallest absolute Gasteiger partial charge is 0.412 e. The maximum atomic E-state index is 12.4. The highest BCUT2D eigenvalue weighted by molar-refractivity contribution is 5.69. The maximum Gasteiger partial charge on any atom is 0.412 e. The largest absolute Gasteiger partial charge is 0.444 e. The Morgan fingerprint density at radius 1 is 1.48 bits per heavy atom. The van der Waals surface area contributed by atoms with Crippen LogP contribution in [-0.4, -0.2) is 44.3 Å². The molecule has 2 heterocycles. The molecule has 0 aromatic carbocycles. The highest BCUT2D eigenvalue weighted by atomic mass is 16.6. The van der Waals surface area contributed by atoms with E-state index in [1.54, 1.807) is 26.8 Å². The van der Waals surface area contributed by atoms with E-state index in [0.29, 0.717) is 19.4 Å². The monoisotopic (exact) mass is 294 g/mol. The number of aromatic nitrogens is 2. The van der Waals surface area contributed by atoms with Crippen molar-refractivity contribution in [1.82, 2.24) is 14.9 Å². The van der Waals surface area contributed by atoms with E-state index in [0.717, 1.165) is 0 Å². The van der Waals surface area contributed by atoms with E-state index in [1.165, 1.54) is 17.3 Å². The number of aliphatic hydroxyl groups is 1. The lowest BCUT2D eigenvalue weighted by Gasteiger charge is -2.45. The van der Waals surface area contributed by atoms with Crippen LogP contribution >= 0.6 is 0 Å². The zero-order valence-electron chi connectivity index (χ0n) is 12.6. The summed E-state index contributed by atoms with van der Waals surface area (Å²) in [5.41, 5.74) is 4.23. The number of carbonyl (C=O) groups excluding carboxylic acids is 1. The minimum atomic E-state index is -1.47. The summed E-state index contributed by atoms with van der Waals surface area (Å²) in [5, 5.41) is 10.3. The van der Waals surface area contributed by atoms with Crippen molar-refractivity contribution in [2.75, 3.05) is 6.54 Å². The van der Waals surface area contributed by atoms with Crippen LogP contribution in [0.25, 0.3) is 0 Å². The molecular formula is C14H22N4O3. The number of carbonyl (C=O) groups is 1. The number of rotatable bonds is 1. The van der Waals surface area contributed by atoms with Gasteiger partial charge in [0.1, 0.15) is 5.60 Å². The SMILES string of the molecule is CC(C)(C)OC(=O)N1CCCC(O)C1(N)c1ncccn1. The molecule has 21 heavy (non-hydrogen) atoms. The summed E-state index contributed by atoms with van der Waals surface area (Å²) in [6.45, 7) is 5.73. The Bertz CT molecular complexity index is 503. The molecule has 1 aromatic rings.